The van der Waals surface area contributed by atoms with Crippen LogP contribution in [0.4, 0.5) is 0 Å². The quantitative estimate of drug-likeness (QED) is 0.0679. The van der Waals surface area contributed by atoms with Crippen LogP contribution in [0.15, 0.2) is 4.42 Å². The molecular formula is C46H27BN4O25. The lowest BCUT2D eigenvalue weighted by Gasteiger charge is -2.19. The minimum atomic E-state index is -1.74. The maximum atomic E-state index is 12.5. The summed E-state index contributed by atoms with van der Waals surface area (Å²) in [5.74, 6) is -38.7. The van der Waals surface area contributed by atoms with Crippen molar-refractivity contribution in [2.75, 3.05) is 0 Å². The van der Waals surface area contributed by atoms with Gasteiger partial charge in [0.1, 0.15) is 64.2 Å². The molecule has 0 saturated carbocycles. The first-order chi connectivity index (χ1) is 35.6. The average molecular weight is 1050 g/mol. The molecule has 29 nitrogen and oxygen atoms in total. The van der Waals surface area contributed by atoms with Crippen molar-refractivity contribution in [3.05, 3.63) is 5.56 Å². The number of phenolic OH excluding ortho intramolecular Hbond substituents is 24. The zero-order chi connectivity index (χ0) is 55.4. The van der Waals surface area contributed by atoms with Gasteiger partial charge in [0.2, 0.25) is 51.7 Å². The molecule has 0 aliphatic heterocycles. The fraction of sp³-hybridized carbons (Fsp3) is 0.0217. The third-order valence-electron chi connectivity index (χ3n) is 13.2. The van der Waals surface area contributed by atoms with Gasteiger partial charge in [-0.15, -0.1) is 0 Å². The van der Waals surface area contributed by atoms with E-state index in [4.69, 9.17) is 12.3 Å². The summed E-state index contributed by atoms with van der Waals surface area (Å²) in [5, 5.41) is 263. The predicted molar refractivity (Wildman–Crippen MR) is 254 cm³/mol. The van der Waals surface area contributed by atoms with Crippen molar-refractivity contribution in [1.82, 2.24) is 19.4 Å². The van der Waals surface area contributed by atoms with Crippen LogP contribution in [0.2, 0.25) is 0 Å². The number of benzene rings is 7. The minimum absolute atomic E-state index is 0.239. The Labute approximate surface area is 414 Å². The molecule has 0 atom stereocenters. The van der Waals surface area contributed by atoms with Crippen molar-refractivity contribution in [3.8, 4) is 183 Å². The zero-order valence-corrected chi connectivity index (χ0v) is 37.0. The van der Waals surface area contributed by atoms with Crippen LogP contribution in [-0.2, 0) is 0 Å². The summed E-state index contributed by atoms with van der Waals surface area (Å²) >= 11 is 0. The molecule has 0 fully saturated rings. The fourth-order valence-electron chi connectivity index (χ4n) is 9.54. The van der Waals surface area contributed by atoms with Crippen molar-refractivity contribution < 1.29 is 127 Å². The molecule has 11 rings (SSSR count). The van der Waals surface area contributed by atoms with E-state index in [1.807, 2.05) is 0 Å². The van der Waals surface area contributed by atoms with Gasteiger partial charge in [-0.05, 0) is 12.4 Å². The SMILES string of the molecule is [B]c1c(O)c(C)c(O)c2oc3c(c(O)c4c5c(O)c(-c6c(O)c(O)c(O)c(-c7nc(-c8c(O)c(O)c(O)c(O)c8O)nc(-c8c(O)c(O)c(O)c(O)c8O)n7)c6O)c(O)c(O)c5n5c6c(O)c(O)c(O)c(O)c6c3c45)c12. The molecule has 0 amide bonds. The summed E-state index contributed by atoms with van der Waals surface area (Å²) in [5.41, 5.74) is -10.9. The number of aromatic nitrogens is 4. The highest BCUT2D eigenvalue weighted by atomic mass is 16.4. The summed E-state index contributed by atoms with van der Waals surface area (Å²) < 4.78 is 6.71. The van der Waals surface area contributed by atoms with Gasteiger partial charge in [0.25, 0.3) is 0 Å². The Kier molecular flexibility index (Phi) is 8.94. The second kappa shape index (κ2) is 14.5. The fourth-order valence-corrected chi connectivity index (χ4v) is 9.54. The summed E-state index contributed by atoms with van der Waals surface area (Å²) in [7, 11) is 6.29. The van der Waals surface area contributed by atoms with Crippen LogP contribution in [0.1, 0.15) is 5.56 Å². The summed E-state index contributed by atoms with van der Waals surface area (Å²) in [6, 6.07) is 0. The molecule has 0 aliphatic carbocycles. The van der Waals surface area contributed by atoms with E-state index in [1.54, 1.807) is 0 Å². The molecule has 11 aromatic rings. The van der Waals surface area contributed by atoms with E-state index >= 15 is 0 Å². The standard InChI is InChI=1S/C46H27BN4O25/c1-2-18(52)14(47)3-10-21(55)4-5-16(51-15(4)7(42(10)76-43(3)19(2)53)6-17(51)32(66)39(73)34(68)23(6)57)31(65)24(58)8(20(5)54)9-22(56)11(26(60)33(67)25(9)59)44-48-45(12-27(61)35(69)40(74)36(70)28(12)62)50-46(49-44)13-29(63)37(71)41(75)38(72)30(13)64/h52-75H,1H3. The van der Waals surface area contributed by atoms with E-state index in [0.717, 1.165) is 0 Å². The Morgan fingerprint density at radius 2 is 0.605 bits per heavy atom. The van der Waals surface area contributed by atoms with Crippen LogP contribution in [0.5, 0.6) is 138 Å². The topological polar surface area (TPSA) is 542 Å². The predicted octanol–water partition coefficient (Wildman–Crippen LogP) is 3.63. The average Bonchev–Trinajstić information content (AvgIpc) is 4.20. The highest BCUT2D eigenvalue weighted by Crippen LogP contribution is 2.66. The molecule has 24 N–H and O–H groups in total. The monoisotopic (exact) mass is 1050 g/mol. The number of hydrogen-bond donors (Lipinski definition) is 24. The molecule has 4 aromatic heterocycles. The number of fused-ring (bicyclic) bond motifs is 10. The van der Waals surface area contributed by atoms with Crippen LogP contribution in [0.25, 0.3) is 105 Å². The number of phenols is 24. The Bertz CT molecular complexity index is 4460. The molecular weight excluding hydrogens is 1020 g/mol. The zero-order valence-electron chi connectivity index (χ0n) is 37.0. The van der Waals surface area contributed by atoms with E-state index in [2.05, 4.69) is 15.0 Å². The van der Waals surface area contributed by atoms with E-state index in [0.29, 0.717) is 4.40 Å². The molecule has 0 saturated heterocycles. The molecule has 0 spiro atoms. The highest BCUT2D eigenvalue weighted by molar-refractivity contribution is 6.47. The van der Waals surface area contributed by atoms with E-state index in [-0.39, 0.29) is 5.56 Å². The van der Waals surface area contributed by atoms with Crippen LogP contribution < -0.4 is 5.46 Å². The van der Waals surface area contributed by atoms with Crippen molar-refractivity contribution in [3.63, 3.8) is 0 Å². The number of hydrogen-bond acceptors (Lipinski definition) is 28. The summed E-state index contributed by atoms with van der Waals surface area (Å²) in [6.07, 6.45) is 0. The molecule has 7 aromatic carbocycles. The smallest absolute Gasteiger partial charge is 0.208 e. The molecule has 76 heavy (non-hydrogen) atoms. The van der Waals surface area contributed by atoms with E-state index < -0.39 is 249 Å². The molecule has 384 valence electrons. The van der Waals surface area contributed by atoms with Crippen molar-refractivity contribution in [2.24, 2.45) is 0 Å². The van der Waals surface area contributed by atoms with Gasteiger partial charge in [0, 0.05) is 10.9 Å². The summed E-state index contributed by atoms with van der Waals surface area (Å²) in [6.45, 7) is 1.22. The molecule has 2 radical (unpaired) electrons. The van der Waals surface area contributed by atoms with Gasteiger partial charge in [-0.25, -0.2) is 15.0 Å². The number of nitrogens with zero attached hydrogens (tertiary/aromatic N) is 4. The Morgan fingerprint density at radius 3 is 1.08 bits per heavy atom. The molecule has 4 heterocycles. The van der Waals surface area contributed by atoms with Crippen molar-refractivity contribution in [1.29, 1.82) is 0 Å². The molecule has 0 bridgehead atoms. The second-order valence-electron chi connectivity index (χ2n) is 17.0. The molecule has 0 aliphatic rings. The normalized spacial score (nSPS) is 12.0. The van der Waals surface area contributed by atoms with Crippen molar-refractivity contribution in [2.45, 2.75) is 6.92 Å². The Hall–Kier alpha value is -11.6. The van der Waals surface area contributed by atoms with Crippen molar-refractivity contribution >= 4 is 73.3 Å². The van der Waals surface area contributed by atoms with Gasteiger partial charge in [-0.3, -0.25) is 0 Å². The lowest BCUT2D eigenvalue weighted by molar-refractivity contribution is 0.329. The molecule has 30 heteroatoms. The minimum Gasteiger partial charge on any atom is -0.508 e. The van der Waals surface area contributed by atoms with Crippen LogP contribution in [0.3, 0.4) is 0 Å². The largest absolute Gasteiger partial charge is 0.508 e. The van der Waals surface area contributed by atoms with Gasteiger partial charge in [0.15, 0.2) is 86.3 Å². The van der Waals surface area contributed by atoms with Crippen LogP contribution in [-0.4, -0.2) is 150 Å². The number of furan rings is 1. The summed E-state index contributed by atoms with van der Waals surface area (Å²) in [4.78, 5) is 11.5. The second-order valence-corrected chi connectivity index (χ2v) is 17.0. The van der Waals surface area contributed by atoms with E-state index in [9.17, 15) is 123 Å². The van der Waals surface area contributed by atoms with E-state index in [1.165, 1.54) is 6.92 Å². The van der Waals surface area contributed by atoms with Gasteiger partial charge in [-0.1, -0.05) is 0 Å². The maximum Gasteiger partial charge on any atom is 0.208 e. The first-order valence-corrected chi connectivity index (χ1v) is 20.8. The third-order valence-corrected chi connectivity index (χ3v) is 13.2. The number of aromatic hydroxyl groups is 24. The van der Waals surface area contributed by atoms with Gasteiger partial charge in [0.05, 0.1) is 43.6 Å². The maximum absolute atomic E-state index is 12.5. The first-order valence-electron chi connectivity index (χ1n) is 20.8. The van der Waals surface area contributed by atoms with Gasteiger partial charge < -0.3 is 131 Å². The Morgan fingerprint density at radius 1 is 0.276 bits per heavy atom. The lowest BCUT2D eigenvalue weighted by atomic mass is 9.86. The highest BCUT2D eigenvalue weighted by Gasteiger charge is 2.40. The third kappa shape index (κ3) is 5.22. The lowest BCUT2D eigenvalue weighted by Crippen LogP contribution is -2.05. The van der Waals surface area contributed by atoms with Crippen LogP contribution >= 0.6 is 0 Å². The van der Waals surface area contributed by atoms with Crippen LogP contribution in [0, 0.1) is 6.92 Å². The first kappa shape index (κ1) is 46.8. The Balaban J connectivity index is 1.31. The van der Waals surface area contributed by atoms with Gasteiger partial charge >= 0.3 is 0 Å². The van der Waals surface area contributed by atoms with Gasteiger partial charge in [-0.2, -0.15) is 0 Å². The molecule has 0 unspecified atom stereocenters. The number of rotatable bonds is 4.